The van der Waals surface area contributed by atoms with Crippen molar-refractivity contribution < 1.29 is 4.79 Å². The number of hydrogen-bond acceptors (Lipinski definition) is 3. The van der Waals surface area contributed by atoms with Gasteiger partial charge in [0.1, 0.15) is 0 Å². The first-order chi connectivity index (χ1) is 17.5. The Balaban J connectivity index is 1.45. The molecule has 0 radical (unpaired) electrons. The van der Waals surface area contributed by atoms with E-state index in [-0.39, 0.29) is 18.0 Å². The van der Waals surface area contributed by atoms with Crippen LogP contribution in [0.2, 0.25) is 0 Å². The van der Waals surface area contributed by atoms with Gasteiger partial charge in [-0.1, -0.05) is 36.4 Å². The Hall–Kier alpha value is -3.97. The van der Waals surface area contributed by atoms with E-state index in [0.717, 1.165) is 28.3 Å². The summed E-state index contributed by atoms with van der Waals surface area (Å²) in [5.74, 6) is -0.0438. The van der Waals surface area contributed by atoms with E-state index in [9.17, 15) is 4.79 Å². The molecule has 0 saturated carbocycles. The summed E-state index contributed by atoms with van der Waals surface area (Å²) < 4.78 is 2.21. The van der Waals surface area contributed by atoms with Crippen LogP contribution in [0.25, 0.3) is 5.69 Å². The molecule has 2 aromatic heterocycles. The van der Waals surface area contributed by atoms with Gasteiger partial charge in [-0.15, -0.1) is 0 Å². The predicted molar refractivity (Wildman–Crippen MR) is 147 cm³/mol. The van der Waals surface area contributed by atoms with Crippen LogP contribution in [-0.2, 0) is 4.79 Å². The van der Waals surface area contributed by atoms with E-state index in [1.807, 2.05) is 61.5 Å². The molecule has 1 amide bonds. The van der Waals surface area contributed by atoms with Gasteiger partial charge in [-0.3, -0.25) is 9.78 Å². The van der Waals surface area contributed by atoms with Gasteiger partial charge in [0.2, 0.25) is 5.91 Å². The second kappa shape index (κ2) is 10.3. The molecule has 0 unspecified atom stereocenters. The summed E-state index contributed by atoms with van der Waals surface area (Å²) in [6, 6.07) is 26.0. The van der Waals surface area contributed by atoms with E-state index in [4.69, 9.17) is 12.2 Å². The highest BCUT2D eigenvalue weighted by Gasteiger charge is 2.41. The minimum Gasteiger partial charge on any atom is -0.352 e. The molecule has 7 heteroatoms. The molecule has 2 atom stereocenters. The number of rotatable bonds is 7. The Kier molecular flexibility index (Phi) is 6.82. The summed E-state index contributed by atoms with van der Waals surface area (Å²) in [6.45, 7) is 4.60. The van der Waals surface area contributed by atoms with Gasteiger partial charge < -0.3 is 20.1 Å². The molecule has 2 aromatic carbocycles. The molecule has 2 N–H and O–H groups in total. The first kappa shape index (κ1) is 23.8. The van der Waals surface area contributed by atoms with Crippen molar-refractivity contribution in [2.75, 3.05) is 11.9 Å². The molecule has 0 aliphatic carbocycles. The molecule has 1 aliphatic heterocycles. The van der Waals surface area contributed by atoms with Crippen molar-refractivity contribution >= 4 is 28.9 Å². The Morgan fingerprint density at radius 2 is 1.86 bits per heavy atom. The third-order valence-corrected chi connectivity index (χ3v) is 6.89. The lowest BCUT2D eigenvalue weighted by Gasteiger charge is -2.29. The molecule has 1 saturated heterocycles. The van der Waals surface area contributed by atoms with E-state index >= 15 is 0 Å². The Labute approximate surface area is 217 Å². The zero-order chi connectivity index (χ0) is 25.1. The van der Waals surface area contributed by atoms with Crippen molar-refractivity contribution in [3.05, 3.63) is 114 Å². The van der Waals surface area contributed by atoms with Crippen LogP contribution in [-0.4, -0.2) is 32.0 Å². The van der Waals surface area contributed by atoms with Gasteiger partial charge in [-0.25, -0.2) is 0 Å². The zero-order valence-corrected chi connectivity index (χ0v) is 21.2. The summed E-state index contributed by atoms with van der Waals surface area (Å²) in [5.41, 5.74) is 6.21. The van der Waals surface area contributed by atoms with Crippen LogP contribution in [0, 0.1) is 13.8 Å². The van der Waals surface area contributed by atoms with Crippen LogP contribution in [0.1, 0.15) is 41.0 Å². The Bertz CT molecular complexity index is 1380. The number of aryl methyl sites for hydroxylation is 2. The van der Waals surface area contributed by atoms with E-state index in [1.54, 1.807) is 6.20 Å². The molecule has 6 nitrogen and oxygen atoms in total. The third kappa shape index (κ3) is 4.88. The third-order valence-electron chi connectivity index (χ3n) is 6.54. The number of nitrogens with zero attached hydrogens (tertiary/aromatic N) is 3. The molecular formula is C29H29N5OS. The quantitative estimate of drug-likeness (QED) is 0.332. The van der Waals surface area contributed by atoms with Crippen molar-refractivity contribution in [1.29, 1.82) is 0 Å². The first-order valence-corrected chi connectivity index (χ1v) is 12.5. The van der Waals surface area contributed by atoms with Gasteiger partial charge in [0, 0.05) is 42.4 Å². The molecule has 36 heavy (non-hydrogen) atoms. The fourth-order valence-corrected chi connectivity index (χ4v) is 5.16. The van der Waals surface area contributed by atoms with E-state index in [0.29, 0.717) is 18.1 Å². The van der Waals surface area contributed by atoms with E-state index < -0.39 is 0 Å². The van der Waals surface area contributed by atoms with Crippen LogP contribution in [0.15, 0.2) is 91.3 Å². The van der Waals surface area contributed by atoms with Crippen LogP contribution in [0.4, 0.5) is 5.69 Å². The minimum absolute atomic E-state index is 0.0438. The number of benzene rings is 2. The molecule has 0 spiro atoms. The van der Waals surface area contributed by atoms with Crippen LogP contribution in [0.5, 0.6) is 0 Å². The number of pyridine rings is 1. The first-order valence-electron chi connectivity index (χ1n) is 12.1. The second-order valence-electron chi connectivity index (χ2n) is 9.08. The van der Waals surface area contributed by atoms with E-state index in [2.05, 4.69) is 62.5 Å². The maximum atomic E-state index is 12.8. The Morgan fingerprint density at radius 1 is 1.03 bits per heavy atom. The average Bonchev–Trinajstić information content (AvgIpc) is 3.47. The average molecular weight is 496 g/mol. The smallest absolute Gasteiger partial charge is 0.226 e. The predicted octanol–water partition coefficient (Wildman–Crippen LogP) is 5.49. The molecule has 182 valence electrons. The summed E-state index contributed by atoms with van der Waals surface area (Å²) in [6.07, 6.45) is 4.19. The van der Waals surface area contributed by atoms with Gasteiger partial charge in [0.15, 0.2) is 5.11 Å². The highest BCUT2D eigenvalue weighted by Crippen LogP contribution is 2.39. The number of anilines is 1. The summed E-state index contributed by atoms with van der Waals surface area (Å²) in [5, 5.41) is 7.12. The van der Waals surface area contributed by atoms with Crippen molar-refractivity contribution in [2.45, 2.75) is 32.4 Å². The van der Waals surface area contributed by atoms with Crippen molar-refractivity contribution in [3.8, 4) is 5.69 Å². The lowest BCUT2D eigenvalue weighted by molar-refractivity contribution is -0.116. The number of aromatic nitrogens is 2. The number of thiocarbonyl (C=S) groups is 1. The number of amides is 1. The molecular weight excluding hydrogens is 466 g/mol. The van der Waals surface area contributed by atoms with Gasteiger partial charge >= 0.3 is 0 Å². The molecule has 1 aliphatic rings. The zero-order valence-electron chi connectivity index (χ0n) is 20.4. The Morgan fingerprint density at radius 3 is 2.64 bits per heavy atom. The lowest BCUT2D eigenvalue weighted by Crippen LogP contribution is -2.33. The van der Waals surface area contributed by atoms with Crippen LogP contribution in [0.3, 0.4) is 0 Å². The molecule has 1 fully saturated rings. The van der Waals surface area contributed by atoms with Crippen LogP contribution >= 0.6 is 12.2 Å². The fourth-order valence-electron chi connectivity index (χ4n) is 4.82. The molecule has 5 rings (SSSR count). The standard InChI is InChI=1S/C29H29N5OS/c1-20-9-7-11-22(19-20)31-26(35)15-18-34-28(27(32-29(34)36)23-12-5-6-16-30-23)25-14-8-17-33(25)24-13-4-3-10-21(24)2/h3-14,16-17,19,27-28H,15,18H2,1-2H3,(H,31,35)(H,32,36)/t27-,28-/m0/s1. The SMILES string of the molecule is Cc1cccc(NC(=O)CCN2C(=S)N[C@@H](c3ccccn3)[C@@H]2c2cccn2-c2ccccc2C)c1. The lowest BCUT2D eigenvalue weighted by atomic mass is 10.0. The van der Waals surface area contributed by atoms with Gasteiger partial charge in [0.05, 0.1) is 17.8 Å². The topological polar surface area (TPSA) is 62.2 Å². The van der Waals surface area contributed by atoms with Gasteiger partial charge in [0.25, 0.3) is 0 Å². The molecule has 0 bridgehead atoms. The second-order valence-corrected chi connectivity index (χ2v) is 9.46. The van der Waals surface area contributed by atoms with Crippen molar-refractivity contribution in [1.82, 2.24) is 19.8 Å². The number of para-hydroxylation sites is 1. The minimum atomic E-state index is -0.142. The number of hydrogen-bond donors (Lipinski definition) is 2. The molecule has 3 heterocycles. The fraction of sp³-hybridized carbons (Fsp3) is 0.207. The number of carbonyl (C=O) groups is 1. The summed E-state index contributed by atoms with van der Waals surface area (Å²) in [7, 11) is 0. The number of nitrogens with one attached hydrogen (secondary N) is 2. The highest BCUT2D eigenvalue weighted by molar-refractivity contribution is 7.80. The van der Waals surface area contributed by atoms with Crippen molar-refractivity contribution in [2.24, 2.45) is 0 Å². The summed E-state index contributed by atoms with van der Waals surface area (Å²) >= 11 is 5.80. The van der Waals surface area contributed by atoms with E-state index in [1.165, 1.54) is 5.56 Å². The van der Waals surface area contributed by atoms with Gasteiger partial charge in [-0.2, -0.15) is 0 Å². The maximum Gasteiger partial charge on any atom is 0.226 e. The highest BCUT2D eigenvalue weighted by atomic mass is 32.1. The van der Waals surface area contributed by atoms with Gasteiger partial charge in [-0.05, 0) is 79.7 Å². The van der Waals surface area contributed by atoms with Crippen LogP contribution < -0.4 is 10.6 Å². The summed E-state index contributed by atoms with van der Waals surface area (Å²) in [4.78, 5) is 19.6. The largest absolute Gasteiger partial charge is 0.352 e. The normalized spacial score (nSPS) is 17.2. The maximum absolute atomic E-state index is 12.8. The van der Waals surface area contributed by atoms with Crippen molar-refractivity contribution in [3.63, 3.8) is 0 Å². The monoisotopic (exact) mass is 495 g/mol. The molecule has 4 aromatic rings. The number of carbonyl (C=O) groups excluding carboxylic acids is 1.